The van der Waals surface area contributed by atoms with Crippen molar-refractivity contribution in [2.24, 2.45) is 5.92 Å². The van der Waals surface area contributed by atoms with Gasteiger partial charge in [0, 0.05) is 12.5 Å². The summed E-state index contributed by atoms with van der Waals surface area (Å²) in [6, 6.07) is 7.13. The standard InChI is InChI=1S/C16H21NO4/c18-15(19)11-21-14-8-4-5-12(9-14)10-17-16(20)13-6-2-1-3-7-13/h4-5,8-9,13H,1-3,6-7,10-11H2,(H,17,20)(H,18,19). The molecule has 1 amide bonds. The fourth-order valence-electron chi connectivity index (χ4n) is 2.59. The van der Waals surface area contributed by atoms with Crippen molar-refractivity contribution in [2.75, 3.05) is 6.61 Å². The van der Waals surface area contributed by atoms with Gasteiger partial charge in [-0.3, -0.25) is 4.79 Å². The highest BCUT2D eigenvalue weighted by Crippen LogP contribution is 2.23. The van der Waals surface area contributed by atoms with Gasteiger partial charge in [-0.15, -0.1) is 0 Å². The number of hydrogen-bond acceptors (Lipinski definition) is 3. The van der Waals surface area contributed by atoms with Crippen LogP contribution in [0, 0.1) is 5.92 Å². The second kappa shape index (κ2) is 7.67. The van der Waals surface area contributed by atoms with Crippen molar-refractivity contribution >= 4 is 11.9 Å². The minimum absolute atomic E-state index is 0.117. The average Bonchev–Trinajstić information content (AvgIpc) is 2.52. The summed E-state index contributed by atoms with van der Waals surface area (Å²) in [5.41, 5.74) is 0.905. The van der Waals surface area contributed by atoms with Crippen molar-refractivity contribution in [3.05, 3.63) is 29.8 Å². The summed E-state index contributed by atoms with van der Waals surface area (Å²) in [5, 5.41) is 11.5. The van der Waals surface area contributed by atoms with Gasteiger partial charge in [-0.05, 0) is 30.5 Å². The molecule has 0 bridgehead atoms. The number of rotatable bonds is 6. The molecular formula is C16H21NO4. The number of carbonyl (C=O) groups excluding carboxylic acids is 1. The van der Waals surface area contributed by atoms with Gasteiger partial charge in [-0.25, -0.2) is 4.79 Å². The molecule has 0 radical (unpaired) electrons. The molecule has 2 N–H and O–H groups in total. The SMILES string of the molecule is O=C(O)COc1cccc(CNC(=O)C2CCCCC2)c1. The lowest BCUT2D eigenvalue weighted by atomic mass is 9.88. The third-order valence-corrected chi connectivity index (χ3v) is 3.70. The van der Waals surface area contributed by atoms with Gasteiger partial charge in [0.05, 0.1) is 0 Å². The summed E-state index contributed by atoms with van der Waals surface area (Å²) in [5.74, 6) is -0.246. The molecule has 2 rings (SSSR count). The number of ether oxygens (including phenoxy) is 1. The molecule has 5 nitrogen and oxygen atoms in total. The first-order chi connectivity index (χ1) is 10.1. The fraction of sp³-hybridized carbons (Fsp3) is 0.500. The van der Waals surface area contributed by atoms with Gasteiger partial charge >= 0.3 is 5.97 Å². The Labute approximate surface area is 124 Å². The van der Waals surface area contributed by atoms with Gasteiger partial charge in [0.15, 0.2) is 6.61 Å². The van der Waals surface area contributed by atoms with Crippen LogP contribution in [0.5, 0.6) is 5.75 Å². The molecule has 0 unspecified atom stereocenters. The Balaban J connectivity index is 1.83. The van der Waals surface area contributed by atoms with Gasteiger partial charge in [-0.2, -0.15) is 0 Å². The quantitative estimate of drug-likeness (QED) is 0.843. The normalized spacial score (nSPS) is 15.4. The average molecular weight is 291 g/mol. The van der Waals surface area contributed by atoms with Crippen LogP contribution in [0.15, 0.2) is 24.3 Å². The maximum Gasteiger partial charge on any atom is 0.341 e. The molecule has 21 heavy (non-hydrogen) atoms. The third kappa shape index (κ3) is 5.10. The zero-order chi connectivity index (χ0) is 15.1. The molecule has 1 aromatic carbocycles. The topological polar surface area (TPSA) is 75.6 Å². The first-order valence-electron chi connectivity index (χ1n) is 7.36. The number of hydrogen-bond donors (Lipinski definition) is 2. The molecule has 1 aromatic rings. The van der Waals surface area contributed by atoms with Crippen molar-refractivity contribution in [1.82, 2.24) is 5.32 Å². The maximum absolute atomic E-state index is 12.1. The van der Waals surface area contributed by atoms with Crippen molar-refractivity contribution in [3.8, 4) is 5.75 Å². The minimum atomic E-state index is -1.01. The Kier molecular flexibility index (Phi) is 5.60. The molecular weight excluding hydrogens is 270 g/mol. The monoisotopic (exact) mass is 291 g/mol. The highest BCUT2D eigenvalue weighted by atomic mass is 16.5. The van der Waals surface area contributed by atoms with E-state index in [1.165, 1.54) is 6.42 Å². The Morgan fingerprint density at radius 2 is 2.00 bits per heavy atom. The van der Waals surface area contributed by atoms with E-state index in [0.717, 1.165) is 31.2 Å². The van der Waals surface area contributed by atoms with Gasteiger partial charge in [-0.1, -0.05) is 31.4 Å². The Morgan fingerprint density at radius 3 is 2.71 bits per heavy atom. The smallest absolute Gasteiger partial charge is 0.341 e. The molecule has 114 valence electrons. The summed E-state index contributed by atoms with van der Waals surface area (Å²) in [7, 11) is 0. The van der Waals surface area contributed by atoms with E-state index in [4.69, 9.17) is 9.84 Å². The summed E-state index contributed by atoms with van der Waals surface area (Å²) in [4.78, 5) is 22.5. The minimum Gasteiger partial charge on any atom is -0.482 e. The largest absolute Gasteiger partial charge is 0.482 e. The number of amides is 1. The van der Waals surface area contributed by atoms with E-state index in [1.807, 2.05) is 6.07 Å². The van der Waals surface area contributed by atoms with Crippen LogP contribution in [0.3, 0.4) is 0 Å². The molecule has 5 heteroatoms. The second-order valence-corrected chi connectivity index (χ2v) is 5.38. The van der Waals surface area contributed by atoms with E-state index in [1.54, 1.807) is 18.2 Å². The first-order valence-corrected chi connectivity index (χ1v) is 7.36. The number of carbonyl (C=O) groups is 2. The van der Waals surface area contributed by atoms with Crippen LogP contribution in [0.25, 0.3) is 0 Å². The lowest BCUT2D eigenvalue weighted by Gasteiger charge is -2.20. The number of carboxylic acids is 1. The number of carboxylic acid groups (broad SMARTS) is 1. The number of nitrogens with one attached hydrogen (secondary N) is 1. The number of benzene rings is 1. The van der Waals surface area contributed by atoms with E-state index >= 15 is 0 Å². The van der Waals surface area contributed by atoms with Gasteiger partial charge < -0.3 is 15.2 Å². The van der Waals surface area contributed by atoms with Gasteiger partial charge in [0.2, 0.25) is 5.91 Å². The second-order valence-electron chi connectivity index (χ2n) is 5.38. The highest BCUT2D eigenvalue weighted by Gasteiger charge is 2.20. The van der Waals surface area contributed by atoms with Crippen LogP contribution < -0.4 is 10.1 Å². The molecule has 1 fully saturated rings. The van der Waals surface area contributed by atoms with E-state index in [-0.39, 0.29) is 18.4 Å². The molecule has 0 aromatic heterocycles. The highest BCUT2D eigenvalue weighted by molar-refractivity contribution is 5.78. The first kappa shape index (κ1) is 15.4. The lowest BCUT2D eigenvalue weighted by Crippen LogP contribution is -2.31. The summed E-state index contributed by atoms with van der Waals surface area (Å²) < 4.78 is 5.12. The molecule has 0 saturated heterocycles. The number of aliphatic carboxylic acids is 1. The molecule has 0 atom stereocenters. The summed E-state index contributed by atoms with van der Waals surface area (Å²) in [6.45, 7) is 0.0808. The van der Waals surface area contributed by atoms with Crippen molar-refractivity contribution in [3.63, 3.8) is 0 Å². The Morgan fingerprint density at radius 1 is 1.24 bits per heavy atom. The molecule has 0 aliphatic heterocycles. The van der Waals surface area contributed by atoms with E-state index in [0.29, 0.717) is 12.3 Å². The van der Waals surface area contributed by atoms with Crippen LogP contribution in [0.2, 0.25) is 0 Å². The summed E-state index contributed by atoms with van der Waals surface area (Å²) in [6.07, 6.45) is 5.46. The maximum atomic E-state index is 12.1. The van der Waals surface area contributed by atoms with Crippen molar-refractivity contribution in [1.29, 1.82) is 0 Å². The fourth-order valence-corrected chi connectivity index (χ4v) is 2.59. The molecule has 0 spiro atoms. The van der Waals surface area contributed by atoms with Crippen molar-refractivity contribution < 1.29 is 19.4 Å². The predicted octanol–water partition coefficient (Wildman–Crippen LogP) is 2.35. The molecule has 0 heterocycles. The lowest BCUT2D eigenvalue weighted by molar-refractivity contribution is -0.139. The van der Waals surface area contributed by atoms with E-state index in [9.17, 15) is 9.59 Å². The molecule has 1 saturated carbocycles. The van der Waals surface area contributed by atoms with E-state index < -0.39 is 5.97 Å². The van der Waals surface area contributed by atoms with Crippen LogP contribution in [-0.4, -0.2) is 23.6 Å². The third-order valence-electron chi connectivity index (χ3n) is 3.70. The van der Waals surface area contributed by atoms with Gasteiger partial charge in [0.25, 0.3) is 0 Å². The summed E-state index contributed by atoms with van der Waals surface area (Å²) >= 11 is 0. The molecule has 1 aliphatic carbocycles. The van der Waals surface area contributed by atoms with Crippen LogP contribution >= 0.6 is 0 Å². The van der Waals surface area contributed by atoms with Crippen LogP contribution in [0.4, 0.5) is 0 Å². The Bertz CT molecular complexity index is 495. The van der Waals surface area contributed by atoms with Gasteiger partial charge in [0.1, 0.15) is 5.75 Å². The predicted molar refractivity (Wildman–Crippen MR) is 78.0 cm³/mol. The van der Waals surface area contributed by atoms with E-state index in [2.05, 4.69) is 5.32 Å². The van der Waals surface area contributed by atoms with Crippen LogP contribution in [0.1, 0.15) is 37.7 Å². The van der Waals surface area contributed by atoms with Crippen molar-refractivity contribution in [2.45, 2.75) is 38.6 Å². The molecule has 1 aliphatic rings. The van der Waals surface area contributed by atoms with Crippen LogP contribution in [-0.2, 0) is 16.1 Å². The zero-order valence-corrected chi connectivity index (χ0v) is 12.0. The Hall–Kier alpha value is -2.04. The zero-order valence-electron chi connectivity index (χ0n) is 12.0.